The van der Waals surface area contributed by atoms with Gasteiger partial charge in [0.25, 0.3) is 0 Å². The lowest BCUT2D eigenvalue weighted by Crippen LogP contribution is -2.39. The van der Waals surface area contributed by atoms with Gasteiger partial charge in [0.1, 0.15) is 0 Å². The van der Waals surface area contributed by atoms with Gasteiger partial charge in [-0.05, 0) is 43.2 Å². The summed E-state index contributed by atoms with van der Waals surface area (Å²) in [5.41, 5.74) is 1.54. The largest absolute Gasteiger partial charge is 0.314 e. The lowest BCUT2D eigenvalue weighted by atomic mass is 9.74. The third kappa shape index (κ3) is 3.10. The van der Waals surface area contributed by atoms with E-state index in [0.29, 0.717) is 0 Å². The Bertz CT molecular complexity index is 320. The van der Waals surface area contributed by atoms with Crippen molar-refractivity contribution in [2.45, 2.75) is 51.5 Å². The Balaban J connectivity index is 2.01. The first-order valence-corrected chi connectivity index (χ1v) is 7.13. The molecule has 1 aliphatic rings. The molecule has 1 aromatic carbocycles. The molecule has 0 aliphatic heterocycles. The molecule has 0 heterocycles. The number of benzene rings is 1. The summed E-state index contributed by atoms with van der Waals surface area (Å²) in [6, 6.07) is 11.8. The fraction of sp³-hybridized carbons (Fsp3) is 0.625. The molecule has 0 saturated heterocycles. The number of nitrogens with one attached hydrogen (secondary N) is 1. The van der Waals surface area contributed by atoms with Crippen molar-refractivity contribution in [3.05, 3.63) is 35.9 Å². The van der Waals surface area contributed by atoms with Gasteiger partial charge in [0.2, 0.25) is 0 Å². The summed E-state index contributed by atoms with van der Waals surface area (Å²) in [5.74, 6) is 1.64. The van der Waals surface area contributed by atoms with Gasteiger partial charge in [-0.25, -0.2) is 0 Å². The van der Waals surface area contributed by atoms with E-state index >= 15 is 0 Å². The summed E-state index contributed by atoms with van der Waals surface area (Å²) in [6.07, 6.45) is 5.35. The van der Waals surface area contributed by atoms with Gasteiger partial charge in [-0.2, -0.15) is 0 Å². The second-order valence-electron chi connectivity index (χ2n) is 5.25. The molecule has 0 spiro atoms. The zero-order chi connectivity index (χ0) is 12.1. The first-order chi connectivity index (χ1) is 8.35. The summed E-state index contributed by atoms with van der Waals surface area (Å²) in [7, 11) is 0. The van der Waals surface area contributed by atoms with Gasteiger partial charge in [-0.15, -0.1) is 0 Å². The van der Waals surface area contributed by atoms with Crippen LogP contribution in [0.3, 0.4) is 0 Å². The Hall–Kier alpha value is -0.820. The van der Waals surface area contributed by atoms with Gasteiger partial charge in [-0.3, -0.25) is 0 Å². The van der Waals surface area contributed by atoms with Gasteiger partial charge < -0.3 is 5.32 Å². The molecule has 0 amide bonds. The Morgan fingerprint density at radius 1 is 1.12 bits per heavy atom. The van der Waals surface area contributed by atoms with Crippen molar-refractivity contribution in [1.82, 2.24) is 5.32 Å². The van der Waals surface area contributed by atoms with Gasteiger partial charge >= 0.3 is 0 Å². The van der Waals surface area contributed by atoms with E-state index in [4.69, 9.17) is 0 Å². The molecule has 94 valence electrons. The van der Waals surface area contributed by atoms with E-state index in [1.807, 2.05) is 0 Å². The second-order valence-corrected chi connectivity index (χ2v) is 5.25. The molecule has 1 saturated carbocycles. The van der Waals surface area contributed by atoms with Crippen LogP contribution in [0.15, 0.2) is 30.3 Å². The molecule has 1 nitrogen and oxygen atoms in total. The average molecular weight is 231 g/mol. The van der Waals surface area contributed by atoms with E-state index in [-0.39, 0.29) is 0 Å². The molecule has 1 heteroatoms. The van der Waals surface area contributed by atoms with E-state index in [2.05, 4.69) is 49.5 Å². The van der Waals surface area contributed by atoms with Crippen molar-refractivity contribution >= 4 is 0 Å². The molecule has 1 aromatic rings. The fourth-order valence-corrected chi connectivity index (χ4v) is 3.27. The summed E-state index contributed by atoms with van der Waals surface area (Å²) in [4.78, 5) is 0. The SMILES string of the molecule is CCNC1CCC(c2ccccc2)CC1CC. The summed E-state index contributed by atoms with van der Waals surface area (Å²) < 4.78 is 0. The highest BCUT2D eigenvalue weighted by atomic mass is 14.9. The standard InChI is InChI=1S/C16H25N/c1-3-13-12-15(10-11-16(13)17-4-2)14-8-6-5-7-9-14/h5-9,13,15-17H,3-4,10-12H2,1-2H3. The van der Waals surface area contributed by atoms with Crippen LogP contribution in [0.1, 0.15) is 51.0 Å². The summed E-state index contributed by atoms with van der Waals surface area (Å²) in [5, 5.41) is 3.66. The van der Waals surface area contributed by atoms with Gasteiger partial charge in [0.15, 0.2) is 0 Å². The van der Waals surface area contributed by atoms with Crippen molar-refractivity contribution in [2.75, 3.05) is 6.54 Å². The zero-order valence-corrected chi connectivity index (χ0v) is 11.2. The number of rotatable bonds is 4. The molecule has 3 atom stereocenters. The normalized spacial score (nSPS) is 29.2. The fourth-order valence-electron chi connectivity index (χ4n) is 3.27. The smallest absolute Gasteiger partial charge is 0.00955 e. The summed E-state index contributed by atoms with van der Waals surface area (Å²) >= 11 is 0. The third-order valence-corrected chi connectivity index (χ3v) is 4.24. The van der Waals surface area contributed by atoms with Crippen LogP contribution in [-0.4, -0.2) is 12.6 Å². The molecule has 0 bridgehead atoms. The maximum Gasteiger partial charge on any atom is 0.00955 e. The molecule has 1 fully saturated rings. The molecular weight excluding hydrogens is 206 g/mol. The second kappa shape index (κ2) is 6.20. The van der Waals surface area contributed by atoms with Crippen LogP contribution in [0.25, 0.3) is 0 Å². The Kier molecular flexibility index (Phi) is 4.61. The highest BCUT2D eigenvalue weighted by Crippen LogP contribution is 2.37. The molecule has 3 unspecified atom stereocenters. The molecule has 1 N–H and O–H groups in total. The van der Waals surface area contributed by atoms with E-state index in [1.54, 1.807) is 5.56 Å². The third-order valence-electron chi connectivity index (χ3n) is 4.24. The van der Waals surface area contributed by atoms with Crippen LogP contribution < -0.4 is 5.32 Å². The maximum absolute atomic E-state index is 3.66. The topological polar surface area (TPSA) is 12.0 Å². The van der Waals surface area contributed by atoms with E-state index < -0.39 is 0 Å². The average Bonchev–Trinajstić information content (AvgIpc) is 2.40. The highest BCUT2D eigenvalue weighted by Gasteiger charge is 2.29. The van der Waals surface area contributed by atoms with Crippen molar-refractivity contribution < 1.29 is 0 Å². The quantitative estimate of drug-likeness (QED) is 0.827. The monoisotopic (exact) mass is 231 g/mol. The Morgan fingerprint density at radius 3 is 2.53 bits per heavy atom. The highest BCUT2D eigenvalue weighted by molar-refractivity contribution is 5.20. The molecule has 0 radical (unpaired) electrons. The van der Waals surface area contributed by atoms with Gasteiger partial charge in [-0.1, -0.05) is 50.6 Å². The predicted octanol–water partition coefficient (Wildman–Crippen LogP) is 3.96. The lowest BCUT2D eigenvalue weighted by molar-refractivity contribution is 0.236. The lowest BCUT2D eigenvalue weighted by Gasteiger charge is -2.36. The van der Waals surface area contributed by atoms with Crippen molar-refractivity contribution in [3.8, 4) is 0 Å². The number of hydrogen-bond donors (Lipinski definition) is 1. The van der Waals surface area contributed by atoms with Crippen LogP contribution in [0.5, 0.6) is 0 Å². The minimum absolute atomic E-state index is 0.755. The minimum Gasteiger partial charge on any atom is -0.314 e. The molecule has 17 heavy (non-hydrogen) atoms. The Morgan fingerprint density at radius 2 is 1.88 bits per heavy atom. The van der Waals surface area contributed by atoms with Crippen LogP contribution in [0.2, 0.25) is 0 Å². The van der Waals surface area contributed by atoms with Crippen molar-refractivity contribution in [2.24, 2.45) is 5.92 Å². The van der Waals surface area contributed by atoms with Crippen LogP contribution in [0.4, 0.5) is 0 Å². The van der Waals surface area contributed by atoms with Gasteiger partial charge in [0, 0.05) is 6.04 Å². The first kappa shape index (κ1) is 12.6. The van der Waals surface area contributed by atoms with Gasteiger partial charge in [0.05, 0.1) is 0 Å². The first-order valence-electron chi connectivity index (χ1n) is 7.13. The molecule has 1 aliphatic carbocycles. The van der Waals surface area contributed by atoms with Crippen molar-refractivity contribution in [1.29, 1.82) is 0 Å². The van der Waals surface area contributed by atoms with Crippen molar-refractivity contribution in [3.63, 3.8) is 0 Å². The van der Waals surface area contributed by atoms with Crippen LogP contribution in [-0.2, 0) is 0 Å². The molecular formula is C16H25N. The van der Waals surface area contributed by atoms with Crippen LogP contribution in [0, 0.1) is 5.92 Å². The van der Waals surface area contributed by atoms with Crippen LogP contribution >= 0.6 is 0 Å². The van der Waals surface area contributed by atoms with E-state index in [1.165, 1.54) is 25.7 Å². The Labute approximate surface area is 106 Å². The predicted molar refractivity (Wildman–Crippen MR) is 74.3 cm³/mol. The zero-order valence-electron chi connectivity index (χ0n) is 11.2. The van der Waals surface area contributed by atoms with E-state index in [9.17, 15) is 0 Å². The maximum atomic E-state index is 3.66. The van der Waals surface area contributed by atoms with E-state index in [0.717, 1.165) is 24.4 Å². The molecule has 0 aromatic heterocycles. The minimum atomic E-state index is 0.755. The number of hydrogen-bond acceptors (Lipinski definition) is 1. The summed E-state index contributed by atoms with van der Waals surface area (Å²) in [6.45, 7) is 5.66. The molecule has 2 rings (SSSR count).